The molecule has 1 saturated carbocycles. The van der Waals surface area contributed by atoms with Gasteiger partial charge < -0.3 is 4.90 Å². The maximum atomic E-state index is 9.05. The molecule has 19 heavy (non-hydrogen) atoms. The molecule has 1 unspecified atom stereocenters. The first kappa shape index (κ1) is 12.7. The van der Waals surface area contributed by atoms with Gasteiger partial charge in [0, 0.05) is 12.6 Å². The highest BCUT2D eigenvalue weighted by Crippen LogP contribution is 2.37. The van der Waals surface area contributed by atoms with Crippen molar-refractivity contribution >= 4 is 17.4 Å². The summed E-state index contributed by atoms with van der Waals surface area (Å²) in [5, 5.41) is 9.47. The molecule has 0 spiro atoms. The van der Waals surface area contributed by atoms with Crippen molar-refractivity contribution in [3.63, 3.8) is 0 Å². The number of rotatable bonds is 2. The molecule has 2 aliphatic rings. The van der Waals surface area contributed by atoms with Crippen LogP contribution in [0.3, 0.4) is 0 Å². The van der Waals surface area contributed by atoms with Crippen molar-refractivity contribution in [3.8, 4) is 6.07 Å². The second-order valence-electron chi connectivity index (χ2n) is 5.60. The van der Waals surface area contributed by atoms with Gasteiger partial charge in [0.05, 0.1) is 11.6 Å². The summed E-state index contributed by atoms with van der Waals surface area (Å²) in [5.74, 6) is 1.69. The van der Waals surface area contributed by atoms with Gasteiger partial charge in [-0.3, -0.25) is 0 Å². The predicted octanol–water partition coefficient (Wildman–Crippen LogP) is 3.77. The second kappa shape index (κ2) is 5.38. The van der Waals surface area contributed by atoms with Crippen LogP contribution >= 0.6 is 11.6 Å². The summed E-state index contributed by atoms with van der Waals surface area (Å²) < 4.78 is 0. The van der Waals surface area contributed by atoms with E-state index in [4.69, 9.17) is 16.9 Å². The van der Waals surface area contributed by atoms with Gasteiger partial charge in [-0.25, -0.2) is 4.98 Å². The molecule has 100 valence electrons. The minimum atomic E-state index is 0.422. The Hall–Kier alpha value is -1.27. The average molecular weight is 276 g/mol. The van der Waals surface area contributed by atoms with E-state index in [1.165, 1.54) is 38.5 Å². The van der Waals surface area contributed by atoms with E-state index in [-0.39, 0.29) is 0 Å². The maximum absolute atomic E-state index is 9.05. The van der Waals surface area contributed by atoms with Crippen LogP contribution in [0.2, 0.25) is 5.15 Å². The number of halogens is 1. The number of nitrogens with zero attached hydrogens (tertiary/aromatic N) is 3. The van der Waals surface area contributed by atoms with Crippen molar-refractivity contribution in [1.29, 1.82) is 5.26 Å². The Kier molecular flexibility index (Phi) is 3.61. The monoisotopic (exact) mass is 275 g/mol. The second-order valence-corrected chi connectivity index (χ2v) is 5.98. The Morgan fingerprint density at radius 2 is 2.00 bits per heavy atom. The third kappa shape index (κ3) is 2.55. The number of hydrogen-bond acceptors (Lipinski definition) is 3. The van der Waals surface area contributed by atoms with Gasteiger partial charge in [0.1, 0.15) is 11.0 Å². The van der Waals surface area contributed by atoms with Crippen molar-refractivity contribution in [1.82, 2.24) is 4.98 Å². The van der Waals surface area contributed by atoms with Crippen LogP contribution < -0.4 is 4.90 Å². The van der Waals surface area contributed by atoms with Crippen LogP contribution in [0.1, 0.15) is 44.1 Å². The summed E-state index contributed by atoms with van der Waals surface area (Å²) in [5.41, 5.74) is 0.604. The van der Waals surface area contributed by atoms with Crippen LogP contribution in [-0.4, -0.2) is 17.6 Å². The summed E-state index contributed by atoms with van der Waals surface area (Å²) >= 11 is 6.03. The molecule has 1 aliphatic heterocycles. The molecule has 0 amide bonds. The fourth-order valence-electron chi connectivity index (χ4n) is 3.60. The lowest BCUT2D eigenvalue weighted by Gasteiger charge is -2.30. The minimum Gasteiger partial charge on any atom is -0.353 e. The van der Waals surface area contributed by atoms with Gasteiger partial charge in [0.2, 0.25) is 0 Å². The Balaban J connectivity index is 1.87. The molecule has 2 fully saturated rings. The topological polar surface area (TPSA) is 39.9 Å². The first-order valence-corrected chi connectivity index (χ1v) is 7.50. The van der Waals surface area contributed by atoms with Crippen molar-refractivity contribution < 1.29 is 0 Å². The number of hydrogen-bond donors (Lipinski definition) is 0. The Morgan fingerprint density at radius 1 is 1.21 bits per heavy atom. The summed E-state index contributed by atoms with van der Waals surface area (Å²) in [6.45, 7) is 1.04. The zero-order valence-corrected chi connectivity index (χ0v) is 11.7. The Labute approximate surface area is 119 Å². The van der Waals surface area contributed by atoms with E-state index in [1.807, 2.05) is 6.07 Å². The van der Waals surface area contributed by atoms with E-state index in [2.05, 4.69) is 16.0 Å². The standard InChI is InChI=1S/C15H18ClN3/c16-14-8-11(10-17)9-15(18-14)19-7-3-6-13(19)12-4-1-2-5-12/h8-9,12-13H,1-7H2. The lowest BCUT2D eigenvalue weighted by atomic mass is 9.96. The highest BCUT2D eigenvalue weighted by Gasteiger charge is 2.34. The number of pyridine rings is 1. The van der Waals surface area contributed by atoms with E-state index in [0.717, 1.165) is 18.3 Å². The summed E-state index contributed by atoms with van der Waals surface area (Å²) in [6, 6.07) is 6.27. The van der Waals surface area contributed by atoms with E-state index >= 15 is 0 Å². The van der Waals surface area contributed by atoms with Gasteiger partial charge in [-0.05, 0) is 43.7 Å². The molecular weight excluding hydrogens is 258 g/mol. The van der Waals surface area contributed by atoms with Crippen LogP contribution in [0.25, 0.3) is 0 Å². The summed E-state index contributed by atoms with van der Waals surface area (Å²) in [6.07, 6.45) is 7.88. The molecule has 0 radical (unpaired) electrons. The van der Waals surface area contributed by atoms with Gasteiger partial charge in [-0.1, -0.05) is 24.4 Å². The largest absolute Gasteiger partial charge is 0.353 e. The highest BCUT2D eigenvalue weighted by atomic mass is 35.5. The van der Waals surface area contributed by atoms with Crippen LogP contribution in [0.15, 0.2) is 12.1 Å². The summed E-state index contributed by atoms with van der Waals surface area (Å²) in [4.78, 5) is 6.80. The summed E-state index contributed by atoms with van der Waals surface area (Å²) in [7, 11) is 0. The van der Waals surface area contributed by atoms with E-state index in [9.17, 15) is 0 Å². The normalized spacial score (nSPS) is 23.8. The molecule has 3 nitrogen and oxygen atoms in total. The smallest absolute Gasteiger partial charge is 0.132 e. The van der Waals surface area contributed by atoms with Crippen LogP contribution in [0.5, 0.6) is 0 Å². The van der Waals surface area contributed by atoms with Gasteiger partial charge in [-0.2, -0.15) is 5.26 Å². The van der Waals surface area contributed by atoms with Crippen LogP contribution in [-0.2, 0) is 0 Å². The van der Waals surface area contributed by atoms with E-state index in [1.54, 1.807) is 6.07 Å². The van der Waals surface area contributed by atoms with Crippen molar-refractivity contribution in [2.45, 2.75) is 44.6 Å². The number of nitriles is 1. The van der Waals surface area contributed by atoms with Crippen molar-refractivity contribution in [3.05, 3.63) is 22.8 Å². The molecular formula is C15H18ClN3. The maximum Gasteiger partial charge on any atom is 0.132 e. The molecule has 1 aliphatic carbocycles. The molecule has 0 N–H and O–H groups in total. The number of aromatic nitrogens is 1. The SMILES string of the molecule is N#Cc1cc(Cl)nc(N2CCCC2C2CCCC2)c1. The Morgan fingerprint density at radius 3 is 2.74 bits per heavy atom. The Bertz CT molecular complexity index is 503. The molecule has 1 aromatic rings. The average Bonchev–Trinajstić information content (AvgIpc) is 3.08. The fraction of sp³-hybridized carbons (Fsp3) is 0.600. The lowest BCUT2D eigenvalue weighted by molar-refractivity contribution is 0.429. The quantitative estimate of drug-likeness (QED) is 0.772. The lowest BCUT2D eigenvalue weighted by Crippen LogP contribution is -2.35. The van der Waals surface area contributed by atoms with E-state index < -0.39 is 0 Å². The molecule has 1 atom stereocenters. The van der Waals surface area contributed by atoms with Gasteiger partial charge in [0.15, 0.2) is 0 Å². The van der Waals surface area contributed by atoms with Crippen LogP contribution in [0.4, 0.5) is 5.82 Å². The van der Waals surface area contributed by atoms with Crippen molar-refractivity contribution in [2.75, 3.05) is 11.4 Å². The molecule has 1 saturated heterocycles. The first-order chi connectivity index (χ1) is 9.28. The zero-order chi connectivity index (χ0) is 13.2. The first-order valence-electron chi connectivity index (χ1n) is 7.12. The highest BCUT2D eigenvalue weighted by molar-refractivity contribution is 6.29. The van der Waals surface area contributed by atoms with Gasteiger partial charge in [-0.15, -0.1) is 0 Å². The van der Waals surface area contributed by atoms with Gasteiger partial charge >= 0.3 is 0 Å². The molecule has 0 bridgehead atoms. The van der Waals surface area contributed by atoms with Gasteiger partial charge in [0.25, 0.3) is 0 Å². The third-order valence-electron chi connectivity index (χ3n) is 4.45. The molecule has 1 aromatic heterocycles. The fourth-order valence-corrected chi connectivity index (χ4v) is 3.81. The minimum absolute atomic E-state index is 0.422. The van der Waals surface area contributed by atoms with Crippen LogP contribution in [0, 0.1) is 17.2 Å². The molecule has 0 aromatic carbocycles. The zero-order valence-electron chi connectivity index (χ0n) is 11.0. The molecule has 2 heterocycles. The molecule has 3 rings (SSSR count). The third-order valence-corrected chi connectivity index (χ3v) is 4.64. The van der Waals surface area contributed by atoms with E-state index in [0.29, 0.717) is 16.8 Å². The van der Waals surface area contributed by atoms with Crippen molar-refractivity contribution in [2.24, 2.45) is 5.92 Å². The molecule has 4 heteroatoms. The number of anilines is 1. The predicted molar refractivity (Wildman–Crippen MR) is 76.3 cm³/mol.